The van der Waals surface area contributed by atoms with Crippen LogP contribution in [0.3, 0.4) is 0 Å². The molecule has 8 nitrogen and oxygen atoms in total. The number of nitrogens with zero attached hydrogens (tertiary/aromatic N) is 1. The van der Waals surface area contributed by atoms with Gasteiger partial charge in [0, 0.05) is 13.1 Å². The fourth-order valence-corrected chi connectivity index (χ4v) is 1.86. The molecule has 0 spiro atoms. The summed E-state index contributed by atoms with van der Waals surface area (Å²) in [5.41, 5.74) is 0.482. The zero-order chi connectivity index (χ0) is 16.1. The van der Waals surface area contributed by atoms with Crippen molar-refractivity contribution >= 4 is 23.9 Å². The second kappa shape index (κ2) is 6.70. The largest absolute Gasteiger partial charge is 0.465 e. The van der Waals surface area contributed by atoms with Crippen molar-refractivity contribution in [2.45, 2.75) is 0 Å². The third kappa shape index (κ3) is 3.40. The van der Waals surface area contributed by atoms with Gasteiger partial charge in [-0.3, -0.25) is 9.69 Å². The molecule has 8 heteroatoms. The second-order valence-electron chi connectivity index (χ2n) is 4.42. The second-order valence-corrected chi connectivity index (χ2v) is 4.42. The van der Waals surface area contributed by atoms with Gasteiger partial charge in [0.2, 0.25) is 0 Å². The summed E-state index contributed by atoms with van der Waals surface area (Å²) in [4.78, 5) is 47.0. The number of benzene rings is 1. The number of methoxy groups -OCH3 is 1. The maximum atomic E-state index is 11.8. The lowest BCUT2D eigenvalue weighted by molar-refractivity contribution is -0.130. The standard InChI is InChI=1S/C14H14N2O6/c1-21-12(18)9-2-4-10(5-3-9)13(19)22-8-11(17)16-7-6-15-14(16)20/h2-5H,6-8H2,1H3,(H,15,20). The van der Waals surface area contributed by atoms with Crippen molar-refractivity contribution in [2.24, 2.45) is 0 Å². The first-order valence-corrected chi connectivity index (χ1v) is 6.46. The molecule has 1 fully saturated rings. The summed E-state index contributed by atoms with van der Waals surface area (Å²) >= 11 is 0. The van der Waals surface area contributed by atoms with Crippen LogP contribution in [0.25, 0.3) is 0 Å². The molecule has 0 aromatic heterocycles. The topological polar surface area (TPSA) is 102 Å². The van der Waals surface area contributed by atoms with E-state index in [2.05, 4.69) is 10.1 Å². The van der Waals surface area contributed by atoms with Crippen LogP contribution in [0.2, 0.25) is 0 Å². The van der Waals surface area contributed by atoms with Gasteiger partial charge in [0.15, 0.2) is 6.61 Å². The summed E-state index contributed by atoms with van der Waals surface area (Å²) in [6, 6.07) is 5.11. The van der Waals surface area contributed by atoms with Crippen molar-refractivity contribution in [3.8, 4) is 0 Å². The molecule has 0 unspecified atom stereocenters. The highest BCUT2D eigenvalue weighted by atomic mass is 16.5. The van der Waals surface area contributed by atoms with Crippen molar-refractivity contribution in [1.82, 2.24) is 10.2 Å². The van der Waals surface area contributed by atoms with Crippen LogP contribution >= 0.6 is 0 Å². The van der Waals surface area contributed by atoms with Crippen LogP contribution in [-0.4, -0.2) is 55.6 Å². The van der Waals surface area contributed by atoms with E-state index in [1.165, 1.54) is 31.4 Å². The summed E-state index contributed by atoms with van der Waals surface area (Å²) in [6.45, 7) is 0.113. The van der Waals surface area contributed by atoms with Gasteiger partial charge in [0.05, 0.1) is 18.2 Å². The Kier molecular flexibility index (Phi) is 4.72. The highest BCUT2D eigenvalue weighted by Crippen LogP contribution is 2.07. The van der Waals surface area contributed by atoms with Gasteiger partial charge in [-0.25, -0.2) is 14.4 Å². The SMILES string of the molecule is COC(=O)c1ccc(C(=O)OCC(=O)N2CCNC2=O)cc1. The van der Waals surface area contributed by atoms with E-state index in [0.29, 0.717) is 12.1 Å². The minimum atomic E-state index is -0.718. The first kappa shape index (κ1) is 15.5. The Morgan fingerprint density at radius 3 is 2.23 bits per heavy atom. The van der Waals surface area contributed by atoms with E-state index in [1.54, 1.807) is 0 Å². The Bertz CT molecular complexity index is 610. The first-order chi connectivity index (χ1) is 10.5. The highest BCUT2D eigenvalue weighted by Gasteiger charge is 2.26. The van der Waals surface area contributed by atoms with E-state index in [4.69, 9.17) is 4.74 Å². The van der Waals surface area contributed by atoms with E-state index in [0.717, 1.165) is 4.90 Å². The average Bonchev–Trinajstić information content (AvgIpc) is 2.97. The minimum absolute atomic E-state index is 0.186. The summed E-state index contributed by atoms with van der Waals surface area (Å²) in [5.74, 6) is -1.82. The van der Waals surface area contributed by atoms with Crippen LogP contribution in [0, 0.1) is 0 Å². The summed E-state index contributed by atoms with van der Waals surface area (Å²) < 4.78 is 9.39. The number of rotatable bonds is 4. The van der Waals surface area contributed by atoms with Crippen molar-refractivity contribution in [3.63, 3.8) is 0 Å². The molecule has 0 radical (unpaired) electrons. The summed E-state index contributed by atoms with van der Waals surface area (Å²) in [5, 5.41) is 2.47. The Labute approximate surface area is 126 Å². The maximum absolute atomic E-state index is 11.8. The van der Waals surface area contributed by atoms with Gasteiger partial charge in [0.25, 0.3) is 5.91 Å². The number of carbonyl (C=O) groups is 4. The predicted octanol–water partition coefficient (Wildman–Crippen LogP) is 0.182. The third-order valence-electron chi connectivity index (χ3n) is 3.03. The molecular weight excluding hydrogens is 292 g/mol. The van der Waals surface area contributed by atoms with Gasteiger partial charge < -0.3 is 14.8 Å². The van der Waals surface area contributed by atoms with E-state index >= 15 is 0 Å². The van der Waals surface area contributed by atoms with Crippen LogP contribution in [0.15, 0.2) is 24.3 Å². The van der Waals surface area contributed by atoms with Gasteiger partial charge in [-0.2, -0.15) is 0 Å². The van der Waals surface area contributed by atoms with Crippen molar-refractivity contribution in [2.75, 3.05) is 26.8 Å². The van der Waals surface area contributed by atoms with Gasteiger partial charge >= 0.3 is 18.0 Å². The molecule has 0 bridgehead atoms. The van der Waals surface area contributed by atoms with Gasteiger partial charge in [-0.1, -0.05) is 0 Å². The monoisotopic (exact) mass is 306 g/mol. The smallest absolute Gasteiger partial charge is 0.338 e. The molecule has 116 valence electrons. The zero-order valence-corrected chi connectivity index (χ0v) is 11.8. The first-order valence-electron chi connectivity index (χ1n) is 6.46. The molecule has 1 aromatic carbocycles. The molecular formula is C14H14N2O6. The Hall–Kier alpha value is -2.90. The fourth-order valence-electron chi connectivity index (χ4n) is 1.86. The number of hydrogen-bond acceptors (Lipinski definition) is 6. The van der Waals surface area contributed by atoms with E-state index in [1.807, 2.05) is 0 Å². The van der Waals surface area contributed by atoms with Crippen molar-refractivity contribution < 1.29 is 28.7 Å². The van der Waals surface area contributed by atoms with Crippen LogP contribution < -0.4 is 5.32 Å². The number of urea groups is 1. The van der Waals surface area contributed by atoms with E-state index in [-0.39, 0.29) is 12.1 Å². The van der Waals surface area contributed by atoms with Crippen LogP contribution in [-0.2, 0) is 14.3 Å². The fraction of sp³-hybridized carbons (Fsp3) is 0.286. The highest BCUT2D eigenvalue weighted by molar-refractivity contribution is 5.98. The van der Waals surface area contributed by atoms with E-state index < -0.39 is 30.5 Å². The van der Waals surface area contributed by atoms with Crippen LogP contribution in [0.1, 0.15) is 20.7 Å². The zero-order valence-electron chi connectivity index (χ0n) is 11.8. The molecule has 0 saturated carbocycles. The molecule has 1 aliphatic rings. The number of imide groups is 1. The van der Waals surface area contributed by atoms with Gasteiger partial charge in [-0.05, 0) is 24.3 Å². The molecule has 1 heterocycles. The third-order valence-corrected chi connectivity index (χ3v) is 3.03. The Morgan fingerprint density at radius 2 is 1.73 bits per heavy atom. The summed E-state index contributed by atoms with van der Waals surface area (Å²) in [6.07, 6.45) is 0. The number of esters is 2. The molecule has 22 heavy (non-hydrogen) atoms. The van der Waals surface area contributed by atoms with Crippen LogP contribution in [0.4, 0.5) is 4.79 Å². The molecule has 1 saturated heterocycles. The average molecular weight is 306 g/mol. The number of nitrogens with one attached hydrogen (secondary N) is 1. The Balaban J connectivity index is 1.90. The lowest BCUT2D eigenvalue weighted by Gasteiger charge is -2.12. The molecule has 1 aromatic rings. The predicted molar refractivity (Wildman–Crippen MR) is 73.2 cm³/mol. The quantitative estimate of drug-likeness (QED) is 0.796. The number of ether oxygens (including phenoxy) is 2. The molecule has 3 amide bonds. The van der Waals surface area contributed by atoms with Crippen molar-refractivity contribution in [3.05, 3.63) is 35.4 Å². The molecule has 0 atom stereocenters. The van der Waals surface area contributed by atoms with Crippen LogP contribution in [0.5, 0.6) is 0 Å². The molecule has 0 aliphatic carbocycles. The lowest BCUT2D eigenvalue weighted by Crippen LogP contribution is -2.37. The molecule has 2 rings (SSSR count). The summed E-state index contributed by atoms with van der Waals surface area (Å²) in [7, 11) is 1.25. The Morgan fingerprint density at radius 1 is 1.14 bits per heavy atom. The number of amides is 3. The lowest BCUT2D eigenvalue weighted by atomic mass is 10.1. The van der Waals surface area contributed by atoms with E-state index in [9.17, 15) is 19.2 Å². The maximum Gasteiger partial charge on any atom is 0.338 e. The normalized spacial score (nSPS) is 13.5. The van der Waals surface area contributed by atoms with Crippen molar-refractivity contribution in [1.29, 1.82) is 0 Å². The van der Waals surface area contributed by atoms with Gasteiger partial charge in [-0.15, -0.1) is 0 Å². The number of hydrogen-bond donors (Lipinski definition) is 1. The van der Waals surface area contributed by atoms with Gasteiger partial charge in [0.1, 0.15) is 0 Å². The molecule has 1 aliphatic heterocycles. The number of carbonyl (C=O) groups excluding carboxylic acids is 4. The minimum Gasteiger partial charge on any atom is -0.465 e. The molecule has 1 N–H and O–H groups in total.